The zero-order valence-corrected chi connectivity index (χ0v) is 21.1. The number of methoxy groups -OCH3 is 2. The minimum Gasteiger partial charge on any atom is -0.496 e. The number of nitrogens with zero attached hydrogens (tertiary/aromatic N) is 4. The lowest BCUT2D eigenvalue weighted by atomic mass is 10.1. The Morgan fingerprint density at radius 1 is 0.943 bits per heavy atom. The summed E-state index contributed by atoms with van der Waals surface area (Å²) in [4.78, 5) is 22.0. The maximum atomic E-state index is 13.2. The largest absolute Gasteiger partial charge is 0.496 e. The van der Waals surface area contributed by atoms with Crippen molar-refractivity contribution in [1.29, 1.82) is 0 Å². The molecule has 196 valence electrons. The Kier molecular flexibility index (Phi) is 9.59. The van der Waals surface area contributed by atoms with Crippen LogP contribution in [0.25, 0.3) is 0 Å². The third-order valence-corrected chi connectivity index (χ3v) is 7.03. The van der Waals surface area contributed by atoms with E-state index in [-0.39, 0.29) is 18.1 Å². The number of benzene rings is 1. The van der Waals surface area contributed by atoms with Crippen molar-refractivity contribution >= 4 is 5.91 Å². The van der Waals surface area contributed by atoms with Gasteiger partial charge in [0.1, 0.15) is 17.1 Å². The van der Waals surface area contributed by atoms with Gasteiger partial charge in [0, 0.05) is 72.0 Å². The number of hydrogen-bond acceptors (Lipinski definition) is 9. The Morgan fingerprint density at radius 3 is 2.23 bits per heavy atom. The Hall–Kier alpha value is -1.95. The van der Waals surface area contributed by atoms with Crippen LogP contribution in [0.3, 0.4) is 0 Å². The zero-order valence-electron chi connectivity index (χ0n) is 21.1. The van der Waals surface area contributed by atoms with Crippen molar-refractivity contribution in [2.45, 2.75) is 12.2 Å². The molecule has 3 saturated heterocycles. The van der Waals surface area contributed by atoms with Crippen molar-refractivity contribution < 1.29 is 28.8 Å². The lowest BCUT2D eigenvalue weighted by Crippen LogP contribution is -2.54. The van der Waals surface area contributed by atoms with Gasteiger partial charge < -0.3 is 29.0 Å². The fraction of sp³-hybridized carbons (Fsp3) is 0.720. The molecule has 1 aromatic rings. The van der Waals surface area contributed by atoms with Crippen molar-refractivity contribution in [1.82, 2.24) is 19.6 Å². The molecule has 0 aliphatic carbocycles. The second kappa shape index (κ2) is 12.8. The molecule has 3 heterocycles. The van der Waals surface area contributed by atoms with Gasteiger partial charge in [0.05, 0.1) is 46.2 Å². The van der Waals surface area contributed by atoms with Crippen LogP contribution in [0.4, 0.5) is 0 Å². The monoisotopic (exact) mass is 492 g/mol. The maximum Gasteiger partial charge on any atom is 0.261 e. The summed E-state index contributed by atoms with van der Waals surface area (Å²) in [6.45, 7) is 10.7. The van der Waals surface area contributed by atoms with E-state index in [1.165, 1.54) is 0 Å². The molecule has 0 bridgehead atoms. The molecule has 2 unspecified atom stereocenters. The minimum absolute atomic E-state index is 0.0618. The highest BCUT2D eigenvalue weighted by atomic mass is 16.5. The van der Waals surface area contributed by atoms with Crippen molar-refractivity contribution in [3.63, 3.8) is 0 Å². The summed E-state index contributed by atoms with van der Waals surface area (Å²) in [5, 5.41) is 10.6. The van der Waals surface area contributed by atoms with E-state index in [0.717, 1.165) is 59.0 Å². The van der Waals surface area contributed by atoms with Crippen LogP contribution in [0.1, 0.15) is 10.4 Å². The number of β-amino-alcohol motifs (C(OH)–C–C–N with tert-alkyl or cyclic N) is 1. The van der Waals surface area contributed by atoms with Crippen LogP contribution >= 0.6 is 0 Å². The van der Waals surface area contributed by atoms with Gasteiger partial charge >= 0.3 is 0 Å². The van der Waals surface area contributed by atoms with Crippen LogP contribution in [0.2, 0.25) is 0 Å². The minimum atomic E-state index is -0.367. The van der Waals surface area contributed by atoms with E-state index < -0.39 is 0 Å². The fourth-order valence-corrected chi connectivity index (χ4v) is 5.14. The second-order valence-corrected chi connectivity index (χ2v) is 9.45. The number of ether oxygens (including phenoxy) is 4. The van der Waals surface area contributed by atoms with E-state index in [9.17, 15) is 9.90 Å². The number of amides is 1. The molecule has 10 heteroatoms. The number of aliphatic hydroxyl groups excluding tert-OH is 1. The van der Waals surface area contributed by atoms with E-state index in [0.29, 0.717) is 49.8 Å². The summed E-state index contributed by atoms with van der Waals surface area (Å²) >= 11 is 0. The van der Waals surface area contributed by atoms with E-state index in [1.807, 2.05) is 11.0 Å². The highest BCUT2D eigenvalue weighted by Gasteiger charge is 2.30. The molecule has 4 rings (SSSR count). The topological polar surface area (TPSA) is 87.2 Å². The Labute approximate surface area is 208 Å². The predicted molar refractivity (Wildman–Crippen MR) is 131 cm³/mol. The molecule has 1 aromatic carbocycles. The standard InChI is InChI=1S/C25H40N4O6/c1-32-22-4-3-5-23(33-2)24(22)25(31)29-8-6-26(7-9-29)18-21-19-28(12-15-35-21)17-20(30)16-27-10-13-34-14-11-27/h3-5,20-21,30H,6-19H2,1-2H3. The van der Waals surface area contributed by atoms with E-state index >= 15 is 0 Å². The van der Waals surface area contributed by atoms with Crippen molar-refractivity contribution in [2.24, 2.45) is 0 Å². The first-order valence-electron chi connectivity index (χ1n) is 12.6. The molecule has 0 spiro atoms. The Balaban J connectivity index is 1.22. The van der Waals surface area contributed by atoms with Crippen molar-refractivity contribution in [2.75, 3.05) is 106 Å². The quantitative estimate of drug-likeness (QED) is 0.506. The van der Waals surface area contributed by atoms with Crippen LogP contribution in [0.5, 0.6) is 11.5 Å². The number of carbonyl (C=O) groups is 1. The SMILES string of the molecule is COc1cccc(OC)c1C(=O)N1CCN(CC2CN(CC(O)CN3CCOCC3)CCO2)CC1. The van der Waals surface area contributed by atoms with E-state index in [1.54, 1.807) is 26.4 Å². The number of hydrogen-bond donors (Lipinski definition) is 1. The molecule has 35 heavy (non-hydrogen) atoms. The summed E-state index contributed by atoms with van der Waals surface area (Å²) in [5.74, 6) is 1.000. The van der Waals surface area contributed by atoms with Crippen LogP contribution < -0.4 is 9.47 Å². The van der Waals surface area contributed by atoms with Crippen LogP contribution in [0.15, 0.2) is 18.2 Å². The zero-order chi connectivity index (χ0) is 24.6. The summed E-state index contributed by atoms with van der Waals surface area (Å²) in [6, 6.07) is 5.40. The molecule has 2 atom stereocenters. The second-order valence-electron chi connectivity index (χ2n) is 9.45. The Morgan fingerprint density at radius 2 is 1.57 bits per heavy atom. The van der Waals surface area contributed by atoms with E-state index in [4.69, 9.17) is 18.9 Å². The van der Waals surface area contributed by atoms with Gasteiger partial charge in [-0.25, -0.2) is 0 Å². The van der Waals surface area contributed by atoms with Crippen LogP contribution in [-0.4, -0.2) is 149 Å². The van der Waals surface area contributed by atoms with Gasteiger partial charge in [-0.3, -0.25) is 19.5 Å². The van der Waals surface area contributed by atoms with E-state index in [2.05, 4.69) is 14.7 Å². The van der Waals surface area contributed by atoms with Gasteiger partial charge in [0.2, 0.25) is 0 Å². The summed E-state index contributed by atoms with van der Waals surface area (Å²) in [5.41, 5.74) is 0.479. The molecular weight excluding hydrogens is 452 g/mol. The molecule has 3 aliphatic rings. The molecular formula is C25H40N4O6. The number of piperazine rings is 1. The van der Waals surface area contributed by atoms with Gasteiger partial charge in [-0.05, 0) is 12.1 Å². The molecule has 1 amide bonds. The molecule has 0 radical (unpaired) electrons. The number of carbonyl (C=O) groups excluding carboxylic acids is 1. The number of aliphatic hydroxyl groups is 1. The Bertz CT molecular complexity index is 791. The fourth-order valence-electron chi connectivity index (χ4n) is 5.14. The summed E-state index contributed by atoms with van der Waals surface area (Å²) in [7, 11) is 3.14. The smallest absolute Gasteiger partial charge is 0.261 e. The van der Waals surface area contributed by atoms with Crippen molar-refractivity contribution in [3.8, 4) is 11.5 Å². The average Bonchev–Trinajstić information content (AvgIpc) is 2.89. The molecule has 3 aliphatic heterocycles. The highest BCUT2D eigenvalue weighted by molar-refractivity contribution is 5.99. The van der Waals surface area contributed by atoms with Gasteiger partial charge in [0.25, 0.3) is 5.91 Å². The molecule has 10 nitrogen and oxygen atoms in total. The lowest BCUT2D eigenvalue weighted by Gasteiger charge is -2.40. The van der Waals surface area contributed by atoms with Gasteiger partial charge in [-0.15, -0.1) is 0 Å². The molecule has 0 saturated carbocycles. The molecule has 3 fully saturated rings. The average molecular weight is 493 g/mol. The van der Waals surface area contributed by atoms with Crippen LogP contribution in [0, 0.1) is 0 Å². The molecule has 1 N–H and O–H groups in total. The van der Waals surface area contributed by atoms with Crippen LogP contribution in [-0.2, 0) is 9.47 Å². The third-order valence-electron chi connectivity index (χ3n) is 7.03. The maximum absolute atomic E-state index is 13.2. The highest BCUT2D eigenvalue weighted by Crippen LogP contribution is 2.30. The first-order chi connectivity index (χ1) is 17.1. The summed E-state index contributed by atoms with van der Waals surface area (Å²) in [6.07, 6.45) is -0.260. The first-order valence-corrected chi connectivity index (χ1v) is 12.6. The predicted octanol–water partition coefficient (Wildman–Crippen LogP) is -0.144. The lowest BCUT2D eigenvalue weighted by molar-refractivity contribution is -0.0605. The third kappa shape index (κ3) is 7.05. The normalized spacial score (nSPS) is 23.7. The number of rotatable bonds is 9. The summed E-state index contributed by atoms with van der Waals surface area (Å²) < 4.78 is 22.3. The van der Waals surface area contributed by atoms with Gasteiger partial charge in [0.15, 0.2) is 0 Å². The first kappa shape index (κ1) is 26.1. The van der Waals surface area contributed by atoms with Crippen molar-refractivity contribution in [3.05, 3.63) is 23.8 Å². The van der Waals surface area contributed by atoms with Gasteiger partial charge in [-0.2, -0.15) is 0 Å². The molecule has 0 aromatic heterocycles. The number of morpholine rings is 2. The van der Waals surface area contributed by atoms with Gasteiger partial charge in [-0.1, -0.05) is 6.07 Å².